The highest BCUT2D eigenvalue weighted by atomic mass is 16.4. The summed E-state index contributed by atoms with van der Waals surface area (Å²) in [5.41, 5.74) is 15.2. The molecule has 0 unspecified atom stereocenters. The van der Waals surface area contributed by atoms with Crippen molar-refractivity contribution in [2.24, 2.45) is 34.6 Å². The fourth-order valence-corrected chi connectivity index (χ4v) is 5.32. The molecule has 262 valence electrons. The van der Waals surface area contributed by atoms with Gasteiger partial charge in [-0.05, 0) is 39.5 Å². The number of carboxylic acid groups (broad SMARTS) is 2. The molecule has 0 atom stereocenters. The monoisotopic (exact) mass is 686 g/mol. The number of hydrogen-bond donors (Lipinski definition) is 4. The second kappa shape index (κ2) is 14.4. The fraction of sp³-hybridized carbons (Fsp3) is 0.400. The number of nitrogen functional groups attached to an aromatic ring is 2. The largest absolute Gasteiger partial charge is 0.477 e. The first-order chi connectivity index (χ1) is 23.9. The fourth-order valence-electron chi connectivity index (χ4n) is 5.32. The van der Waals surface area contributed by atoms with Gasteiger partial charge in [-0.1, -0.05) is 26.7 Å². The first-order valence-electron chi connectivity index (χ1n) is 15.8. The molecule has 0 saturated heterocycles. The number of aryl methyl sites for hydroxylation is 6. The highest BCUT2D eigenvalue weighted by Crippen LogP contribution is 2.35. The molecule has 5 heterocycles. The number of anilines is 2. The van der Waals surface area contributed by atoms with Crippen LogP contribution in [0, 0.1) is 13.8 Å². The number of nitrogens with two attached hydrogens (primary N) is 2. The molecule has 0 radical (unpaired) electrons. The third-order valence-electron chi connectivity index (χ3n) is 7.84. The lowest BCUT2D eigenvalue weighted by molar-refractivity contribution is 0.0686. The van der Waals surface area contributed by atoms with Crippen LogP contribution in [0.5, 0.6) is 0 Å². The van der Waals surface area contributed by atoms with Crippen LogP contribution >= 0.6 is 0 Å². The van der Waals surface area contributed by atoms with E-state index in [2.05, 4.69) is 50.8 Å². The first kappa shape index (κ1) is 35.0. The molecule has 0 bridgehead atoms. The second-order valence-corrected chi connectivity index (χ2v) is 11.5. The normalized spacial score (nSPS) is 11.8. The number of carbonyl (C=O) groups is 2. The summed E-state index contributed by atoms with van der Waals surface area (Å²) in [6.07, 6.45) is 5.68. The molecule has 50 heavy (non-hydrogen) atoms. The Hall–Kier alpha value is -6.34. The standard InChI is InChI=1S/C30H38N16O4/c1-7-9-11-17-23(35-37-27-21(29(47)48)15(3)39-43(27)5)25(31)45(41-17)19-13-20(34-14-33-19)46-26(32)24(18(42-46)12-10-8-2)36-38-28-22(30(49)50)16(4)40-44(28)6/h13-14H,7-12,31-32H2,1-6H3,(H,47,48)(H,49,50)/b37-35+,38-36+. The summed E-state index contributed by atoms with van der Waals surface area (Å²) in [6, 6.07) is 1.59. The number of hydrogen-bond acceptors (Lipinski definition) is 14. The maximum absolute atomic E-state index is 11.9. The number of carboxylic acids is 2. The van der Waals surface area contributed by atoms with Gasteiger partial charge in [-0.3, -0.25) is 0 Å². The van der Waals surface area contributed by atoms with Gasteiger partial charge in [-0.15, -0.1) is 20.5 Å². The second-order valence-electron chi connectivity index (χ2n) is 11.5. The molecule has 0 aliphatic carbocycles. The number of rotatable bonds is 14. The van der Waals surface area contributed by atoms with Gasteiger partial charge in [0.15, 0.2) is 46.3 Å². The Balaban J connectivity index is 1.57. The van der Waals surface area contributed by atoms with Gasteiger partial charge in [-0.25, -0.2) is 28.9 Å². The topological polar surface area (TPSA) is 273 Å². The first-order valence-corrected chi connectivity index (χ1v) is 15.8. The predicted molar refractivity (Wildman–Crippen MR) is 180 cm³/mol. The zero-order chi connectivity index (χ0) is 36.3. The smallest absolute Gasteiger partial charge is 0.341 e. The van der Waals surface area contributed by atoms with Crippen LogP contribution < -0.4 is 11.5 Å². The summed E-state index contributed by atoms with van der Waals surface area (Å²) in [6.45, 7) is 7.23. The summed E-state index contributed by atoms with van der Waals surface area (Å²) in [5, 5.41) is 54.2. The summed E-state index contributed by atoms with van der Waals surface area (Å²) in [7, 11) is 3.16. The number of nitrogens with zero attached hydrogens (tertiary/aromatic N) is 14. The number of aromatic nitrogens is 10. The van der Waals surface area contributed by atoms with Crippen LogP contribution in [0.2, 0.25) is 0 Å². The Bertz CT molecular complexity index is 1990. The van der Waals surface area contributed by atoms with Crippen LogP contribution in [-0.2, 0) is 26.9 Å². The molecular formula is C30H38N16O4. The molecule has 20 nitrogen and oxygen atoms in total. The van der Waals surface area contributed by atoms with Crippen LogP contribution in [0.15, 0.2) is 32.9 Å². The van der Waals surface area contributed by atoms with Gasteiger partial charge in [0.1, 0.15) is 17.5 Å². The lowest BCUT2D eigenvalue weighted by Crippen LogP contribution is -2.09. The Kier molecular flexibility index (Phi) is 10.1. The van der Waals surface area contributed by atoms with Gasteiger partial charge in [0.2, 0.25) is 0 Å². The van der Waals surface area contributed by atoms with E-state index in [0.717, 1.165) is 25.7 Å². The summed E-state index contributed by atoms with van der Waals surface area (Å²) in [4.78, 5) is 32.5. The number of unbranched alkanes of at least 4 members (excludes halogenated alkanes) is 2. The molecule has 0 aromatic carbocycles. The Morgan fingerprint density at radius 1 is 0.700 bits per heavy atom. The van der Waals surface area contributed by atoms with E-state index in [0.29, 0.717) is 35.6 Å². The Morgan fingerprint density at radius 3 is 1.46 bits per heavy atom. The maximum Gasteiger partial charge on any atom is 0.341 e. The molecule has 0 spiro atoms. The number of aromatic carboxylic acids is 2. The zero-order valence-electron chi connectivity index (χ0n) is 28.5. The van der Waals surface area contributed by atoms with Gasteiger partial charge in [0.05, 0.1) is 22.8 Å². The van der Waals surface area contributed by atoms with Crippen LogP contribution in [0.25, 0.3) is 11.6 Å². The summed E-state index contributed by atoms with van der Waals surface area (Å²) >= 11 is 0. The third-order valence-corrected chi connectivity index (χ3v) is 7.84. The van der Waals surface area contributed by atoms with E-state index in [4.69, 9.17) is 11.5 Å². The molecule has 20 heteroatoms. The minimum absolute atomic E-state index is 0.0617. The van der Waals surface area contributed by atoms with Crippen molar-refractivity contribution in [3.8, 4) is 11.6 Å². The van der Waals surface area contributed by atoms with E-state index in [1.807, 2.05) is 13.8 Å². The lowest BCUT2D eigenvalue weighted by Gasteiger charge is -2.06. The highest BCUT2D eigenvalue weighted by molar-refractivity contribution is 5.94. The van der Waals surface area contributed by atoms with Crippen LogP contribution in [0.4, 0.5) is 34.6 Å². The van der Waals surface area contributed by atoms with E-state index in [-0.39, 0.29) is 57.4 Å². The van der Waals surface area contributed by atoms with E-state index >= 15 is 0 Å². The minimum atomic E-state index is -1.18. The molecule has 5 aromatic rings. The van der Waals surface area contributed by atoms with Crippen molar-refractivity contribution in [2.45, 2.75) is 66.2 Å². The van der Waals surface area contributed by atoms with Crippen molar-refractivity contribution in [3.05, 3.63) is 46.3 Å². The molecule has 6 N–H and O–H groups in total. The molecule has 0 fully saturated rings. The Labute approximate surface area is 285 Å². The zero-order valence-corrected chi connectivity index (χ0v) is 28.5. The molecule has 0 amide bonds. The molecule has 0 aliphatic rings. The Morgan fingerprint density at radius 2 is 1.10 bits per heavy atom. The van der Waals surface area contributed by atoms with Crippen molar-refractivity contribution in [1.82, 2.24) is 49.1 Å². The van der Waals surface area contributed by atoms with Crippen LogP contribution in [-0.4, -0.2) is 71.2 Å². The third kappa shape index (κ3) is 6.66. The average Bonchev–Trinajstić information content (AvgIpc) is 3.75. The van der Waals surface area contributed by atoms with Gasteiger partial charge >= 0.3 is 11.9 Å². The summed E-state index contributed by atoms with van der Waals surface area (Å²) in [5.74, 6) is -1.44. The molecular weight excluding hydrogens is 648 g/mol. The van der Waals surface area contributed by atoms with Crippen molar-refractivity contribution in [2.75, 3.05) is 11.5 Å². The van der Waals surface area contributed by atoms with E-state index in [1.165, 1.54) is 25.1 Å². The molecule has 5 rings (SSSR count). The van der Waals surface area contributed by atoms with Crippen LogP contribution in [0.1, 0.15) is 83.0 Å². The summed E-state index contributed by atoms with van der Waals surface area (Å²) < 4.78 is 5.47. The molecule has 0 saturated carbocycles. The maximum atomic E-state index is 11.9. The molecule has 0 aliphatic heterocycles. The van der Waals surface area contributed by atoms with E-state index < -0.39 is 11.9 Å². The highest BCUT2D eigenvalue weighted by Gasteiger charge is 2.24. The van der Waals surface area contributed by atoms with Gasteiger partial charge in [0, 0.05) is 20.2 Å². The van der Waals surface area contributed by atoms with Crippen molar-refractivity contribution in [1.29, 1.82) is 0 Å². The molecule has 5 aromatic heterocycles. The van der Waals surface area contributed by atoms with E-state index in [1.54, 1.807) is 34.0 Å². The minimum Gasteiger partial charge on any atom is -0.477 e. The lowest BCUT2D eigenvalue weighted by atomic mass is 10.2. The SMILES string of the molecule is CCCCc1nn(-c2cc(-n3nc(CCCC)c(/N=N/c4c(C(=O)O)c(C)nn4C)c3N)ncn2)c(N)c1/N=N/c1c(C(=O)O)c(C)nn1C. The van der Waals surface area contributed by atoms with Crippen LogP contribution in [0.3, 0.4) is 0 Å². The van der Waals surface area contributed by atoms with Crippen molar-refractivity contribution >= 4 is 46.6 Å². The quantitative estimate of drug-likeness (QED) is 0.112. The van der Waals surface area contributed by atoms with Gasteiger partial charge in [0.25, 0.3) is 0 Å². The van der Waals surface area contributed by atoms with Gasteiger partial charge < -0.3 is 21.7 Å². The predicted octanol–water partition coefficient (Wildman–Crippen LogP) is 5.01. The van der Waals surface area contributed by atoms with Crippen molar-refractivity contribution < 1.29 is 19.8 Å². The van der Waals surface area contributed by atoms with Gasteiger partial charge in [-0.2, -0.15) is 29.8 Å². The van der Waals surface area contributed by atoms with E-state index in [9.17, 15) is 19.8 Å². The average molecular weight is 687 g/mol. The number of azo groups is 2. The van der Waals surface area contributed by atoms with Crippen molar-refractivity contribution in [3.63, 3.8) is 0 Å².